The summed E-state index contributed by atoms with van der Waals surface area (Å²) < 4.78 is 0.843. The highest BCUT2D eigenvalue weighted by Crippen LogP contribution is 2.65. The van der Waals surface area contributed by atoms with Crippen molar-refractivity contribution in [1.29, 1.82) is 0 Å². The predicted octanol–water partition coefficient (Wildman–Crippen LogP) is 2.27. The number of thiazole rings is 1. The van der Waals surface area contributed by atoms with Crippen LogP contribution in [0.2, 0.25) is 0 Å². The van der Waals surface area contributed by atoms with Gasteiger partial charge in [-0.05, 0) is 48.1 Å². The van der Waals surface area contributed by atoms with E-state index in [4.69, 9.17) is 0 Å². The van der Waals surface area contributed by atoms with Crippen molar-refractivity contribution in [1.82, 2.24) is 25.8 Å². The summed E-state index contributed by atoms with van der Waals surface area (Å²) in [5.41, 5.74) is 0.504. The third-order valence-corrected chi connectivity index (χ3v) is 9.84. The summed E-state index contributed by atoms with van der Waals surface area (Å²) in [5.74, 6) is -2.24. The van der Waals surface area contributed by atoms with Crippen LogP contribution < -0.4 is 16.0 Å². The third kappa shape index (κ3) is 5.04. The smallest absolute Gasteiger partial charge is 0.405 e. The number of aromatic nitrogens is 1. The SMILES string of the molecule is CC(C)C(NC(=O)O)C(=O)N1C[C@H]2[C@@H]([C@H]1C(=O)NC(C[C@@H]1CCNC1=O)C(=O)c1nc3ccccc3s1)C2(C)C. The molecule has 2 aliphatic heterocycles. The molecule has 2 aromatic rings. The second-order valence-corrected chi connectivity index (χ2v) is 13.0. The second-order valence-electron chi connectivity index (χ2n) is 12.0. The lowest BCUT2D eigenvalue weighted by atomic mass is 9.94. The second kappa shape index (κ2) is 10.5. The van der Waals surface area contributed by atoms with E-state index in [1.54, 1.807) is 13.8 Å². The number of carbonyl (C=O) groups is 5. The fourth-order valence-electron chi connectivity index (χ4n) is 6.41. The van der Waals surface area contributed by atoms with Crippen LogP contribution in [0.15, 0.2) is 24.3 Å². The number of Topliss-reactive ketones (excluding diaryl/α,β-unsaturated/α-hetero) is 1. The first-order valence-electron chi connectivity index (χ1n) is 13.7. The van der Waals surface area contributed by atoms with Gasteiger partial charge in [-0.2, -0.15) is 0 Å². The van der Waals surface area contributed by atoms with E-state index in [-0.39, 0.29) is 46.3 Å². The quantitative estimate of drug-likeness (QED) is 0.337. The summed E-state index contributed by atoms with van der Waals surface area (Å²) >= 11 is 1.24. The molecular formula is C28H35N5O6S. The number of hydrogen-bond acceptors (Lipinski definition) is 7. The molecule has 214 valence electrons. The van der Waals surface area contributed by atoms with Crippen molar-refractivity contribution in [2.75, 3.05) is 13.1 Å². The zero-order chi connectivity index (χ0) is 28.9. The molecule has 1 aliphatic carbocycles. The largest absolute Gasteiger partial charge is 0.465 e. The molecule has 1 aromatic heterocycles. The first kappa shape index (κ1) is 28.0. The van der Waals surface area contributed by atoms with Gasteiger partial charge in [0.15, 0.2) is 5.01 Å². The standard InChI is InChI=1S/C28H35N5O6S/c1-13(2)20(32-27(38)39)26(37)33-12-15-19(28(15,3)4)21(33)24(36)30-17(11-14-9-10-29-23(14)35)22(34)25-31-16-7-5-6-8-18(16)40-25/h5-8,13-15,17,19-21,32H,9-12H2,1-4H3,(H,29,35)(H,30,36)(H,38,39)/t14-,15-,17?,19-,20?,21-/m0/s1. The van der Waals surface area contributed by atoms with Crippen LogP contribution in [0.4, 0.5) is 4.79 Å². The molecule has 6 atom stereocenters. The molecule has 11 nitrogen and oxygen atoms in total. The number of hydrogen-bond donors (Lipinski definition) is 4. The fourth-order valence-corrected chi connectivity index (χ4v) is 7.37. The average Bonchev–Trinajstić information content (AvgIpc) is 3.41. The Bertz CT molecular complexity index is 1340. The molecule has 12 heteroatoms. The molecule has 2 unspecified atom stereocenters. The van der Waals surface area contributed by atoms with Crippen LogP contribution >= 0.6 is 11.3 Å². The Morgan fingerprint density at radius 1 is 1.20 bits per heavy atom. The molecule has 3 aliphatic rings. The number of carbonyl (C=O) groups excluding carboxylic acids is 4. The van der Waals surface area contributed by atoms with E-state index in [0.29, 0.717) is 25.0 Å². The number of piperidine rings is 1. The van der Waals surface area contributed by atoms with Gasteiger partial charge in [0.1, 0.15) is 12.1 Å². The maximum Gasteiger partial charge on any atom is 0.405 e. The van der Waals surface area contributed by atoms with Crippen molar-refractivity contribution in [3.8, 4) is 0 Å². The Kier molecular flexibility index (Phi) is 7.32. The summed E-state index contributed by atoms with van der Waals surface area (Å²) in [7, 11) is 0. The number of likely N-dealkylation sites (tertiary alicyclic amines) is 1. The first-order chi connectivity index (χ1) is 18.9. The number of nitrogens with one attached hydrogen (secondary N) is 3. The highest BCUT2D eigenvalue weighted by Gasteiger charge is 2.69. The van der Waals surface area contributed by atoms with Crippen LogP contribution in [0.25, 0.3) is 10.2 Å². The third-order valence-electron chi connectivity index (χ3n) is 8.79. The van der Waals surface area contributed by atoms with Crippen molar-refractivity contribution >= 4 is 51.2 Å². The zero-order valence-electron chi connectivity index (χ0n) is 23.0. The molecule has 1 aromatic carbocycles. The number of benzene rings is 1. The number of rotatable bonds is 9. The summed E-state index contributed by atoms with van der Waals surface area (Å²) in [6, 6.07) is 4.52. The van der Waals surface area contributed by atoms with Crippen molar-refractivity contribution < 1.29 is 29.1 Å². The van der Waals surface area contributed by atoms with Crippen LogP contribution in [-0.2, 0) is 14.4 Å². The molecule has 2 saturated heterocycles. The molecule has 40 heavy (non-hydrogen) atoms. The van der Waals surface area contributed by atoms with E-state index in [9.17, 15) is 29.1 Å². The number of nitrogens with zero attached hydrogens (tertiary/aromatic N) is 2. The van der Waals surface area contributed by atoms with Gasteiger partial charge in [0.2, 0.25) is 23.5 Å². The molecule has 3 fully saturated rings. The Labute approximate surface area is 236 Å². The lowest BCUT2D eigenvalue weighted by Crippen LogP contribution is -2.58. The van der Waals surface area contributed by atoms with Gasteiger partial charge < -0.3 is 26.0 Å². The number of para-hydroxylation sites is 1. The highest BCUT2D eigenvalue weighted by molar-refractivity contribution is 7.20. The maximum atomic E-state index is 14.0. The fraction of sp³-hybridized carbons (Fsp3) is 0.571. The number of fused-ring (bicyclic) bond motifs is 2. The molecule has 1 saturated carbocycles. The number of ketones is 1. The molecular weight excluding hydrogens is 534 g/mol. The topological polar surface area (TPSA) is 158 Å². The van der Waals surface area contributed by atoms with E-state index < -0.39 is 42.0 Å². The van der Waals surface area contributed by atoms with Gasteiger partial charge in [-0.15, -0.1) is 11.3 Å². The zero-order valence-corrected chi connectivity index (χ0v) is 23.8. The molecule has 5 rings (SSSR count). The van der Waals surface area contributed by atoms with Gasteiger partial charge >= 0.3 is 6.09 Å². The number of amides is 4. The molecule has 4 amide bonds. The van der Waals surface area contributed by atoms with Gasteiger partial charge in [-0.3, -0.25) is 19.2 Å². The Morgan fingerprint density at radius 3 is 2.55 bits per heavy atom. The highest BCUT2D eigenvalue weighted by atomic mass is 32.1. The van der Waals surface area contributed by atoms with Gasteiger partial charge in [-0.1, -0.05) is 39.8 Å². The summed E-state index contributed by atoms with van der Waals surface area (Å²) in [4.78, 5) is 71.0. The minimum absolute atomic E-state index is 0.0869. The Hall–Kier alpha value is -3.54. The van der Waals surface area contributed by atoms with Crippen LogP contribution in [0.1, 0.15) is 50.3 Å². The van der Waals surface area contributed by atoms with E-state index >= 15 is 0 Å². The summed E-state index contributed by atoms with van der Waals surface area (Å²) in [6.07, 6.45) is -0.630. The maximum absolute atomic E-state index is 14.0. The monoisotopic (exact) mass is 569 g/mol. The average molecular weight is 570 g/mol. The molecule has 3 heterocycles. The first-order valence-corrected chi connectivity index (χ1v) is 14.5. The van der Waals surface area contributed by atoms with Crippen LogP contribution in [0, 0.1) is 29.1 Å². The van der Waals surface area contributed by atoms with Crippen LogP contribution in [0.5, 0.6) is 0 Å². The molecule has 0 spiro atoms. The lowest BCUT2D eigenvalue weighted by Gasteiger charge is -2.34. The lowest BCUT2D eigenvalue weighted by molar-refractivity contribution is -0.142. The number of carboxylic acid groups (broad SMARTS) is 1. The van der Waals surface area contributed by atoms with Crippen LogP contribution in [-0.4, -0.2) is 75.8 Å². The van der Waals surface area contributed by atoms with Gasteiger partial charge in [0.25, 0.3) is 0 Å². The summed E-state index contributed by atoms with van der Waals surface area (Å²) in [6.45, 7) is 8.43. The van der Waals surface area contributed by atoms with Crippen molar-refractivity contribution in [3.63, 3.8) is 0 Å². The van der Waals surface area contributed by atoms with Crippen molar-refractivity contribution in [2.24, 2.45) is 29.1 Å². The van der Waals surface area contributed by atoms with E-state index in [1.165, 1.54) is 16.2 Å². The minimum Gasteiger partial charge on any atom is -0.465 e. The van der Waals surface area contributed by atoms with E-state index in [1.807, 2.05) is 38.1 Å². The van der Waals surface area contributed by atoms with E-state index in [0.717, 1.165) is 4.70 Å². The minimum atomic E-state index is -1.31. The summed E-state index contributed by atoms with van der Waals surface area (Å²) in [5, 5.41) is 17.5. The van der Waals surface area contributed by atoms with Gasteiger partial charge in [0.05, 0.1) is 16.3 Å². The van der Waals surface area contributed by atoms with Crippen molar-refractivity contribution in [3.05, 3.63) is 29.3 Å². The Balaban J connectivity index is 1.42. The van der Waals surface area contributed by atoms with E-state index in [2.05, 4.69) is 20.9 Å². The molecule has 4 N–H and O–H groups in total. The van der Waals surface area contributed by atoms with Crippen LogP contribution in [0.3, 0.4) is 0 Å². The normalized spacial score (nSPS) is 26.2. The van der Waals surface area contributed by atoms with Gasteiger partial charge in [0, 0.05) is 19.0 Å². The van der Waals surface area contributed by atoms with Crippen molar-refractivity contribution in [2.45, 2.75) is 58.7 Å². The molecule has 0 radical (unpaired) electrons. The Morgan fingerprint density at radius 2 is 1.93 bits per heavy atom. The van der Waals surface area contributed by atoms with Gasteiger partial charge in [-0.25, -0.2) is 9.78 Å². The predicted molar refractivity (Wildman–Crippen MR) is 148 cm³/mol. The molecule has 0 bridgehead atoms.